The first-order valence-corrected chi connectivity index (χ1v) is 7.15. The van der Waals surface area contributed by atoms with E-state index >= 15 is 0 Å². The third-order valence-electron chi connectivity index (χ3n) is 3.29. The van der Waals surface area contributed by atoms with Crippen molar-refractivity contribution in [3.63, 3.8) is 0 Å². The molecule has 0 saturated carbocycles. The monoisotopic (exact) mass is 350 g/mol. The maximum atomic E-state index is 13.6. The van der Waals surface area contributed by atoms with Crippen LogP contribution in [-0.4, -0.2) is 16.4 Å². The highest BCUT2D eigenvalue weighted by atomic mass is 19.4. The van der Waals surface area contributed by atoms with Gasteiger partial charge in [0.25, 0.3) is 0 Å². The van der Waals surface area contributed by atoms with Crippen LogP contribution in [-0.2, 0) is 12.6 Å². The third kappa shape index (κ3) is 3.66. The maximum Gasteiger partial charge on any atom is 0.419 e. The summed E-state index contributed by atoms with van der Waals surface area (Å²) in [6, 6.07) is 0. The molecular formula is C13H17F3N4O4. The van der Waals surface area contributed by atoms with Crippen LogP contribution in [0.1, 0.15) is 37.8 Å². The lowest BCUT2D eigenvalue weighted by Crippen LogP contribution is -2.19. The zero-order valence-corrected chi connectivity index (χ0v) is 13.1. The van der Waals surface area contributed by atoms with E-state index in [1.165, 1.54) is 0 Å². The number of rotatable bonds is 7. The van der Waals surface area contributed by atoms with Gasteiger partial charge >= 0.3 is 17.6 Å². The van der Waals surface area contributed by atoms with Crippen molar-refractivity contribution in [3.05, 3.63) is 31.4 Å². The minimum atomic E-state index is -5.01. The first-order chi connectivity index (χ1) is 11.1. The number of alkyl halides is 3. The summed E-state index contributed by atoms with van der Waals surface area (Å²) in [5, 5.41) is 24.8. The van der Waals surface area contributed by atoms with Gasteiger partial charge in [0.2, 0.25) is 0 Å². The van der Waals surface area contributed by atoms with E-state index < -0.39 is 49.9 Å². The summed E-state index contributed by atoms with van der Waals surface area (Å²) < 4.78 is 40.7. The van der Waals surface area contributed by atoms with Crippen molar-refractivity contribution in [2.75, 3.05) is 17.6 Å². The number of benzene rings is 1. The molecule has 1 rings (SSSR count). The van der Waals surface area contributed by atoms with Gasteiger partial charge in [0.05, 0.1) is 15.4 Å². The zero-order chi connectivity index (χ0) is 18.7. The van der Waals surface area contributed by atoms with Gasteiger partial charge in [-0.05, 0) is 12.8 Å². The smallest absolute Gasteiger partial charge is 0.387 e. The van der Waals surface area contributed by atoms with Crippen LogP contribution in [0.15, 0.2) is 0 Å². The summed E-state index contributed by atoms with van der Waals surface area (Å²) >= 11 is 0. The van der Waals surface area contributed by atoms with Gasteiger partial charge in [0.1, 0.15) is 5.69 Å². The van der Waals surface area contributed by atoms with Crippen LogP contribution in [0.2, 0.25) is 0 Å². The molecule has 3 N–H and O–H groups in total. The van der Waals surface area contributed by atoms with Crippen LogP contribution in [0.25, 0.3) is 0 Å². The van der Waals surface area contributed by atoms with Crippen LogP contribution in [0.3, 0.4) is 0 Å². The van der Waals surface area contributed by atoms with Crippen LogP contribution in [0.4, 0.5) is 35.9 Å². The Morgan fingerprint density at radius 1 is 1.08 bits per heavy atom. The van der Waals surface area contributed by atoms with Crippen molar-refractivity contribution >= 4 is 22.7 Å². The van der Waals surface area contributed by atoms with Crippen molar-refractivity contribution in [1.29, 1.82) is 0 Å². The molecule has 0 aromatic heterocycles. The predicted molar refractivity (Wildman–Crippen MR) is 81.9 cm³/mol. The number of halogens is 3. The van der Waals surface area contributed by atoms with Crippen LogP contribution < -0.4 is 11.1 Å². The first kappa shape index (κ1) is 19.5. The van der Waals surface area contributed by atoms with E-state index in [9.17, 15) is 33.4 Å². The minimum Gasteiger partial charge on any atom is -0.387 e. The standard InChI is InChI=1S/C13H17F3N4O4/c1-3-5-7-8(13(14,15)16)10(18-6-4-2)12(20(23)24)9(17)11(7)19(21)22/h18H,3-6,17H2,1-2H3. The molecule has 1 aromatic carbocycles. The minimum absolute atomic E-state index is 0.0206. The number of nitrogens with one attached hydrogen (secondary N) is 1. The number of nitro groups is 2. The average Bonchev–Trinajstić information content (AvgIpc) is 2.42. The van der Waals surface area contributed by atoms with Crippen molar-refractivity contribution in [2.45, 2.75) is 39.3 Å². The number of nitro benzene ring substituents is 2. The summed E-state index contributed by atoms with van der Waals surface area (Å²) in [5.41, 5.74) is -0.403. The van der Waals surface area contributed by atoms with E-state index in [0.717, 1.165) is 0 Å². The first-order valence-electron chi connectivity index (χ1n) is 7.15. The second kappa shape index (κ2) is 7.32. The lowest BCUT2D eigenvalue weighted by Gasteiger charge is -2.19. The van der Waals surface area contributed by atoms with Gasteiger partial charge in [0.15, 0.2) is 5.69 Å². The Balaban J connectivity index is 4.02. The summed E-state index contributed by atoms with van der Waals surface area (Å²) in [7, 11) is 0. The number of nitrogens with two attached hydrogens (primary N) is 1. The zero-order valence-electron chi connectivity index (χ0n) is 13.1. The summed E-state index contributed by atoms with van der Waals surface area (Å²) in [5.74, 6) is 0. The fourth-order valence-electron chi connectivity index (χ4n) is 2.42. The molecule has 134 valence electrons. The van der Waals surface area contributed by atoms with Gasteiger partial charge in [-0.15, -0.1) is 0 Å². The van der Waals surface area contributed by atoms with E-state index in [1.54, 1.807) is 13.8 Å². The SMILES string of the molecule is CCCNc1c([N+](=O)[O-])c(N)c([N+](=O)[O-])c(CCC)c1C(F)(F)F. The highest BCUT2D eigenvalue weighted by Gasteiger charge is 2.45. The predicted octanol–water partition coefficient (Wildman–Crippen LogP) is 3.88. The average molecular weight is 350 g/mol. The molecule has 0 unspecified atom stereocenters. The highest BCUT2D eigenvalue weighted by Crippen LogP contribution is 2.50. The van der Waals surface area contributed by atoms with E-state index in [1.807, 2.05) is 0 Å². The summed E-state index contributed by atoms with van der Waals surface area (Å²) in [4.78, 5) is 20.2. The van der Waals surface area contributed by atoms with Crippen molar-refractivity contribution in [3.8, 4) is 0 Å². The lowest BCUT2D eigenvalue weighted by atomic mass is 9.95. The lowest BCUT2D eigenvalue weighted by molar-refractivity contribution is -0.392. The fourth-order valence-corrected chi connectivity index (χ4v) is 2.42. The van der Waals surface area contributed by atoms with Crippen LogP contribution in [0.5, 0.6) is 0 Å². The van der Waals surface area contributed by atoms with Gasteiger partial charge in [-0.25, -0.2) is 0 Å². The molecule has 0 aliphatic heterocycles. The Morgan fingerprint density at radius 3 is 2.00 bits per heavy atom. The van der Waals surface area contributed by atoms with Crippen LogP contribution >= 0.6 is 0 Å². The number of hydrogen-bond acceptors (Lipinski definition) is 6. The molecule has 0 spiro atoms. The van der Waals surface area contributed by atoms with E-state index in [-0.39, 0.29) is 19.4 Å². The van der Waals surface area contributed by atoms with E-state index in [0.29, 0.717) is 6.42 Å². The van der Waals surface area contributed by atoms with E-state index in [2.05, 4.69) is 5.32 Å². The van der Waals surface area contributed by atoms with Gasteiger partial charge < -0.3 is 11.1 Å². The molecule has 0 bridgehead atoms. The Hall–Kier alpha value is -2.59. The van der Waals surface area contributed by atoms with Crippen molar-refractivity contribution in [1.82, 2.24) is 0 Å². The molecule has 0 aliphatic rings. The molecule has 11 heteroatoms. The second-order valence-corrected chi connectivity index (χ2v) is 5.03. The molecular weight excluding hydrogens is 333 g/mol. The summed E-state index contributed by atoms with van der Waals surface area (Å²) in [6.45, 7) is 3.22. The van der Waals surface area contributed by atoms with Gasteiger partial charge in [0, 0.05) is 12.1 Å². The van der Waals surface area contributed by atoms with Gasteiger partial charge in [-0.1, -0.05) is 20.3 Å². The normalized spacial score (nSPS) is 11.4. The Labute approximate surface area is 135 Å². The largest absolute Gasteiger partial charge is 0.419 e. The number of hydrogen-bond donors (Lipinski definition) is 2. The van der Waals surface area contributed by atoms with Crippen molar-refractivity contribution < 1.29 is 23.0 Å². The molecule has 8 nitrogen and oxygen atoms in total. The van der Waals surface area contributed by atoms with Gasteiger partial charge in [-0.2, -0.15) is 13.2 Å². The Kier molecular flexibility index (Phi) is 5.93. The molecule has 1 aromatic rings. The molecule has 24 heavy (non-hydrogen) atoms. The molecule has 0 radical (unpaired) electrons. The summed E-state index contributed by atoms with van der Waals surface area (Å²) in [6.07, 6.45) is -4.72. The molecule has 0 amide bonds. The van der Waals surface area contributed by atoms with E-state index in [4.69, 9.17) is 5.73 Å². The number of anilines is 2. The molecule has 0 saturated heterocycles. The quantitative estimate of drug-likeness (QED) is 0.437. The topological polar surface area (TPSA) is 124 Å². The molecule has 0 heterocycles. The molecule has 0 fully saturated rings. The van der Waals surface area contributed by atoms with Crippen molar-refractivity contribution in [2.24, 2.45) is 0 Å². The second-order valence-electron chi connectivity index (χ2n) is 5.03. The van der Waals surface area contributed by atoms with Gasteiger partial charge in [-0.3, -0.25) is 20.2 Å². The molecule has 0 aliphatic carbocycles. The fraction of sp³-hybridized carbons (Fsp3) is 0.538. The van der Waals surface area contributed by atoms with Crippen LogP contribution in [0, 0.1) is 20.2 Å². The number of nitrogens with zero attached hydrogens (tertiary/aromatic N) is 2. The Bertz CT molecular complexity index is 662. The molecule has 0 atom stereocenters. The Morgan fingerprint density at radius 2 is 1.62 bits per heavy atom. The highest BCUT2D eigenvalue weighted by molar-refractivity contribution is 5.87. The maximum absolute atomic E-state index is 13.6. The number of nitrogen functional groups attached to an aromatic ring is 1. The third-order valence-corrected chi connectivity index (χ3v) is 3.29.